The van der Waals surface area contributed by atoms with Gasteiger partial charge in [-0.05, 0) is 24.5 Å². The average Bonchev–Trinajstić information content (AvgIpc) is 2.36. The van der Waals surface area contributed by atoms with E-state index in [-0.39, 0.29) is 0 Å². The summed E-state index contributed by atoms with van der Waals surface area (Å²) in [7, 11) is 0. The van der Waals surface area contributed by atoms with E-state index in [4.69, 9.17) is 27.0 Å². The van der Waals surface area contributed by atoms with Crippen LogP contribution in [0.2, 0.25) is 5.02 Å². The lowest BCUT2D eigenvalue weighted by atomic mass is 10.0. The molecule has 0 atom stereocenters. The standard InChI is InChI=1S/C12H16ClNO3/c1-2-9-8(3-4-17-14)7-10(13)12-11(9)15-5-6-16-12/h7H,2-6,14H2,1H3. The molecule has 4 nitrogen and oxygen atoms in total. The molecule has 2 N–H and O–H groups in total. The van der Waals surface area contributed by atoms with Crippen LogP contribution in [0.3, 0.4) is 0 Å². The van der Waals surface area contributed by atoms with Crippen molar-refractivity contribution >= 4 is 11.6 Å². The highest BCUT2D eigenvalue weighted by atomic mass is 35.5. The fourth-order valence-electron chi connectivity index (χ4n) is 2.05. The monoisotopic (exact) mass is 257 g/mol. The zero-order valence-corrected chi connectivity index (χ0v) is 10.5. The smallest absolute Gasteiger partial charge is 0.180 e. The number of halogens is 1. The third-order valence-corrected chi connectivity index (χ3v) is 3.09. The zero-order chi connectivity index (χ0) is 12.3. The number of fused-ring (bicyclic) bond motifs is 1. The maximum absolute atomic E-state index is 6.18. The van der Waals surface area contributed by atoms with E-state index in [1.165, 1.54) is 0 Å². The summed E-state index contributed by atoms with van der Waals surface area (Å²) < 4.78 is 11.2. The van der Waals surface area contributed by atoms with E-state index in [0.717, 1.165) is 29.7 Å². The summed E-state index contributed by atoms with van der Waals surface area (Å²) in [5, 5.41) is 0.587. The van der Waals surface area contributed by atoms with Crippen LogP contribution >= 0.6 is 11.6 Å². The molecule has 1 aliphatic heterocycles. The van der Waals surface area contributed by atoms with Crippen LogP contribution in [0.1, 0.15) is 18.1 Å². The molecular formula is C12H16ClNO3. The Balaban J connectivity index is 2.42. The summed E-state index contributed by atoms with van der Waals surface area (Å²) in [6.07, 6.45) is 1.58. The SMILES string of the molecule is CCc1c(CCON)cc(Cl)c2c1OCCO2. The predicted octanol–water partition coefficient (Wildman–Crippen LogP) is 2.11. The van der Waals surface area contributed by atoms with Gasteiger partial charge in [0.05, 0.1) is 11.6 Å². The number of rotatable bonds is 4. The zero-order valence-electron chi connectivity index (χ0n) is 9.79. The largest absolute Gasteiger partial charge is 0.486 e. The quantitative estimate of drug-likeness (QED) is 0.840. The minimum Gasteiger partial charge on any atom is -0.486 e. The Labute approximate surface area is 106 Å². The number of benzene rings is 1. The molecule has 0 saturated heterocycles. The van der Waals surface area contributed by atoms with Gasteiger partial charge in [0.15, 0.2) is 11.5 Å². The lowest BCUT2D eigenvalue weighted by Gasteiger charge is -2.24. The van der Waals surface area contributed by atoms with E-state index in [1.807, 2.05) is 6.07 Å². The van der Waals surface area contributed by atoms with Crippen molar-refractivity contribution in [2.75, 3.05) is 19.8 Å². The van der Waals surface area contributed by atoms with E-state index >= 15 is 0 Å². The molecule has 0 aliphatic carbocycles. The van der Waals surface area contributed by atoms with Crippen molar-refractivity contribution in [2.24, 2.45) is 5.90 Å². The van der Waals surface area contributed by atoms with Gasteiger partial charge in [0, 0.05) is 5.56 Å². The van der Waals surface area contributed by atoms with Crippen LogP contribution in [0.25, 0.3) is 0 Å². The third-order valence-electron chi connectivity index (χ3n) is 2.80. The molecule has 0 amide bonds. The van der Waals surface area contributed by atoms with E-state index in [1.54, 1.807) is 0 Å². The highest BCUT2D eigenvalue weighted by Gasteiger charge is 2.21. The molecule has 1 aromatic rings. The molecule has 1 aliphatic rings. The van der Waals surface area contributed by atoms with Crippen molar-refractivity contribution < 1.29 is 14.3 Å². The second-order valence-corrected chi connectivity index (χ2v) is 4.23. The highest BCUT2D eigenvalue weighted by molar-refractivity contribution is 6.32. The van der Waals surface area contributed by atoms with Crippen LogP contribution in [-0.4, -0.2) is 19.8 Å². The van der Waals surface area contributed by atoms with Gasteiger partial charge in [-0.15, -0.1) is 0 Å². The van der Waals surface area contributed by atoms with E-state index in [9.17, 15) is 0 Å². The fourth-order valence-corrected chi connectivity index (χ4v) is 2.32. The minimum atomic E-state index is 0.461. The van der Waals surface area contributed by atoms with Crippen molar-refractivity contribution in [3.8, 4) is 11.5 Å². The Kier molecular flexibility index (Phi) is 4.10. The number of hydrogen-bond donors (Lipinski definition) is 1. The van der Waals surface area contributed by atoms with Crippen LogP contribution in [0.5, 0.6) is 11.5 Å². The minimum absolute atomic E-state index is 0.461. The number of ether oxygens (including phenoxy) is 2. The van der Waals surface area contributed by atoms with Crippen molar-refractivity contribution in [1.82, 2.24) is 0 Å². The summed E-state index contributed by atoms with van der Waals surface area (Å²) >= 11 is 6.18. The van der Waals surface area contributed by atoms with Gasteiger partial charge in [-0.1, -0.05) is 18.5 Å². The van der Waals surface area contributed by atoms with Gasteiger partial charge in [-0.25, -0.2) is 5.90 Å². The van der Waals surface area contributed by atoms with Gasteiger partial charge in [0.1, 0.15) is 13.2 Å². The average molecular weight is 258 g/mol. The molecule has 0 bridgehead atoms. The third kappa shape index (κ3) is 2.49. The Bertz CT molecular complexity index is 409. The van der Waals surface area contributed by atoms with Gasteiger partial charge in [0.25, 0.3) is 0 Å². The highest BCUT2D eigenvalue weighted by Crippen LogP contribution is 2.42. The molecule has 5 heteroatoms. The molecular weight excluding hydrogens is 242 g/mol. The first-order valence-corrected chi connectivity index (χ1v) is 6.07. The van der Waals surface area contributed by atoms with E-state index in [0.29, 0.717) is 30.6 Å². The fraction of sp³-hybridized carbons (Fsp3) is 0.500. The lowest BCUT2D eigenvalue weighted by molar-refractivity contribution is 0.140. The van der Waals surface area contributed by atoms with Gasteiger partial charge >= 0.3 is 0 Å². The number of nitrogens with two attached hydrogens (primary N) is 1. The Hall–Kier alpha value is -0.970. The van der Waals surface area contributed by atoms with Crippen LogP contribution in [0.15, 0.2) is 6.07 Å². The molecule has 0 unspecified atom stereocenters. The first-order valence-electron chi connectivity index (χ1n) is 5.69. The topological polar surface area (TPSA) is 53.7 Å². The molecule has 17 heavy (non-hydrogen) atoms. The molecule has 94 valence electrons. The first-order chi connectivity index (χ1) is 8.27. The van der Waals surface area contributed by atoms with Crippen molar-refractivity contribution in [3.05, 3.63) is 22.2 Å². The van der Waals surface area contributed by atoms with Gasteiger partial charge in [-0.2, -0.15) is 0 Å². The predicted molar refractivity (Wildman–Crippen MR) is 65.7 cm³/mol. The summed E-state index contributed by atoms with van der Waals surface area (Å²) in [5.74, 6) is 6.49. The summed E-state index contributed by atoms with van der Waals surface area (Å²) in [5.41, 5.74) is 2.23. The Morgan fingerprint density at radius 2 is 2.06 bits per heavy atom. The maximum Gasteiger partial charge on any atom is 0.180 e. The van der Waals surface area contributed by atoms with Crippen LogP contribution in [-0.2, 0) is 17.7 Å². The molecule has 0 aromatic heterocycles. The molecule has 1 aromatic carbocycles. The molecule has 0 spiro atoms. The molecule has 0 radical (unpaired) electrons. The molecule has 1 heterocycles. The Morgan fingerprint density at radius 1 is 1.35 bits per heavy atom. The van der Waals surface area contributed by atoms with Crippen LogP contribution < -0.4 is 15.4 Å². The lowest BCUT2D eigenvalue weighted by Crippen LogP contribution is -2.18. The van der Waals surface area contributed by atoms with E-state index < -0.39 is 0 Å². The molecule has 0 saturated carbocycles. The maximum atomic E-state index is 6.18. The molecule has 2 rings (SSSR count). The van der Waals surface area contributed by atoms with E-state index in [2.05, 4.69) is 11.8 Å². The van der Waals surface area contributed by atoms with Crippen LogP contribution in [0, 0.1) is 0 Å². The van der Waals surface area contributed by atoms with Crippen LogP contribution in [0.4, 0.5) is 0 Å². The Morgan fingerprint density at radius 3 is 2.71 bits per heavy atom. The van der Waals surface area contributed by atoms with Crippen molar-refractivity contribution in [3.63, 3.8) is 0 Å². The number of hydrogen-bond acceptors (Lipinski definition) is 4. The van der Waals surface area contributed by atoms with Crippen molar-refractivity contribution in [2.45, 2.75) is 19.8 Å². The van der Waals surface area contributed by atoms with Crippen molar-refractivity contribution in [1.29, 1.82) is 0 Å². The second kappa shape index (κ2) is 5.58. The van der Waals surface area contributed by atoms with Gasteiger partial charge in [-0.3, -0.25) is 0 Å². The van der Waals surface area contributed by atoms with Gasteiger partial charge < -0.3 is 14.3 Å². The molecule has 0 fully saturated rings. The second-order valence-electron chi connectivity index (χ2n) is 3.83. The first kappa shape index (κ1) is 12.5. The van der Waals surface area contributed by atoms with Gasteiger partial charge in [0.2, 0.25) is 0 Å². The summed E-state index contributed by atoms with van der Waals surface area (Å²) in [4.78, 5) is 4.61. The normalized spacial score (nSPS) is 13.8. The summed E-state index contributed by atoms with van der Waals surface area (Å²) in [6.45, 7) is 3.64. The summed E-state index contributed by atoms with van der Waals surface area (Å²) in [6, 6.07) is 1.91.